The standard InChI is InChI=1S/C13H23N3/c1-3-10-5-6-12(14)11(9-10)13-15-7-8-16(13)4-2/h7-8,10-12H,3-6,9,14H2,1-2H3. The number of hydrogen-bond donors (Lipinski definition) is 1. The fourth-order valence-corrected chi connectivity index (χ4v) is 2.87. The first-order valence-corrected chi connectivity index (χ1v) is 6.52. The highest BCUT2D eigenvalue weighted by atomic mass is 15.1. The van der Waals surface area contributed by atoms with Gasteiger partial charge in [-0.25, -0.2) is 4.98 Å². The van der Waals surface area contributed by atoms with Crippen LogP contribution < -0.4 is 5.73 Å². The first-order chi connectivity index (χ1) is 7.76. The Labute approximate surface area is 98.1 Å². The lowest BCUT2D eigenvalue weighted by Gasteiger charge is -2.33. The Morgan fingerprint density at radius 1 is 1.44 bits per heavy atom. The maximum atomic E-state index is 6.26. The van der Waals surface area contributed by atoms with Crippen LogP contribution in [-0.2, 0) is 6.54 Å². The molecule has 0 radical (unpaired) electrons. The number of hydrogen-bond acceptors (Lipinski definition) is 2. The molecule has 1 aromatic rings. The van der Waals surface area contributed by atoms with Gasteiger partial charge in [0.15, 0.2) is 0 Å². The largest absolute Gasteiger partial charge is 0.335 e. The predicted molar refractivity (Wildman–Crippen MR) is 66.2 cm³/mol. The number of imidazole rings is 1. The lowest BCUT2D eigenvalue weighted by molar-refractivity contribution is 0.271. The molecule has 90 valence electrons. The molecular formula is C13H23N3. The zero-order valence-electron chi connectivity index (χ0n) is 10.4. The van der Waals surface area contributed by atoms with Gasteiger partial charge in [0.1, 0.15) is 5.82 Å². The highest BCUT2D eigenvalue weighted by molar-refractivity contribution is 5.06. The van der Waals surface area contributed by atoms with Crippen LogP contribution in [0.25, 0.3) is 0 Å². The normalized spacial score (nSPS) is 30.6. The van der Waals surface area contributed by atoms with E-state index in [0.29, 0.717) is 12.0 Å². The molecule has 1 aliphatic rings. The second-order valence-electron chi connectivity index (χ2n) is 4.93. The summed E-state index contributed by atoms with van der Waals surface area (Å²) in [5, 5.41) is 0. The highest BCUT2D eigenvalue weighted by Gasteiger charge is 2.30. The second kappa shape index (κ2) is 5.00. The fourth-order valence-electron chi connectivity index (χ4n) is 2.87. The number of aromatic nitrogens is 2. The van der Waals surface area contributed by atoms with Gasteiger partial charge in [-0.2, -0.15) is 0 Å². The SMILES string of the molecule is CCC1CCC(N)C(c2nccn2CC)C1. The summed E-state index contributed by atoms with van der Waals surface area (Å²) < 4.78 is 2.24. The molecule has 1 saturated carbocycles. The second-order valence-corrected chi connectivity index (χ2v) is 4.93. The molecule has 3 atom stereocenters. The van der Waals surface area contributed by atoms with Crippen LogP contribution in [0.1, 0.15) is 51.3 Å². The van der Waals surface area contributed by atoms with Crippen molar-refractivity contribution in [1.82, 2.24) is 9.55 Å². The summed E-state index contributed by atoms with van der Waals surface area (Å²) in [4.78, 5) is 4.51. The molecule has 0 spiro atoms. The van der Waals surface area contributed by atoms with Crippen molar-refractivity contribution in [2.45, 2.75) is 58.0 Å². The van der Waals surface area contributed by atoms with Crippen molar-refractivity contribution >= 4 is 0 Å². The van der Waals surface area contributed by atoms with Crippen LogP contribution in [-0.4, -0.2) is 15.6 Å². The first-order valence-electron chi connectivity index (χ1n) is 6.52. The zero-order chi connectivity index (χ0) is 11.5. The van der Waals surface area contributed by atoms with Crippen molar-refractivity contribution in [2.75, 3.05) is 0 Å². The van der Waals surface area contributed by atoms with Gasteiger partial charge in [0, 0.05) is 30.9 Å². The van der Waals surface area contributed by atoms with Crippen molar-refractivity contribution in [3.05, 3.63) is 18.2 Å². The quantitative estimate of drug-likeness (QED) is 0.852. The number of nitrogens with two attached hydrogens (primary N) is 1. The Balaban J connectivity index is 2.17. The van der Waals surface area contributed by atoms with Crippen molar-refractivity contribution in [3.8, 4) is 0 Å². The Kier molecular flexibility index (Phi) is 3.64. The van der Waals surface area contributed by atoms with Gasteiger partial charge in [0.2, 0.25) is 0 Å². The highest BCUT2D eigenvalue weighted by Crippen LogP contribution is 2.36. The summed E-state index contributed by atoms with van der Waals surface area (Å²) in [6, 6.07) is 0.301. The van der Waals surface area contributed by atoms with Gasteiger partial charge in [0.05, 0.1) is 0 Å². The average Bonchev–Trinajstić information content (AvgIpc) is 2.77. The van der Waals surface area contributed by atoms with Crippen molar-refractivity contribution in [1.29, 1.82) is 0 Å². The molecule has 0 amide bonds. The number of aryl methyl sites for hydroxylation is 1. The van der Waals surface area contributed by atoms with Gasteiger partial charge in [0.25, 0.3) is 0 Å². The smallest absolute Gasteiger partial charge is 0.113 e. The number of nitrogens with zero attached hydrogens (tertiary/aromatic N) is 2. The van der Waals surface area contributed by atoms with Crippen LogP contribution in [0.15, 0.2) is 12.4 Å². The molecule has 16 heavy (non-hydrogen) atoms. The third-order valence-electron chi connectivity index (χ3n) is 4.01. The molecule has 1 fully saturated rings. The van der Waals surface area contributed by atoms with E-state index in [4.69, 9.17) is 5.73 Å². The van der Waals surface area contributed by atoms with E-state index in [2.05, 4.69) is 29.6 Å². The van der Waals surface area contributed by atoms with E-state index in [1.54, 1.807) is 0 Å². The molecule has 2 N–H and O–H groups in total. The molecule has 1 aromatic heterocycles. The molecule has 1 aliphatic carbocycles. The van der Waals surface area contributed by atoms with Gasteiger partial charge >= 0.3 is 0 Å². The Morgan fingerprint density at radius 3 is 2.94 bits per heavy atom. The summed E-state index contributed by atoms with van der Waals surface area (Å²) in [7, 11) is 0. The van der Waals surface area contributed by atoms with Gasteiger partial charge in [-0.3, -0.25) is 0 Å². The summed E-state index contributed by atoms with van der Waals surface area (Å²) in [5.41, 5.74) is 6.26. The lowest BCUT2D eigenvalue weighted by Crippen LogP contribution is -2.36. The van der Waals surface area contributed by atoms with Crippen molar-refractivity contribution < 1.29 is 0 Å². The maximum Gasteiger partial charge on any atom is 0.113 e. The van der Waals surface area contributed by atoms with Crippen molar-refractivity contribution in [3.63, 3.8) is 0 Å². The van der Waals surface area contributed by atoms with E-state index in [0.717, 1.165) is 18.9 Å². The van der Waals surface area contributed by atoms with E-state index in [-0.39, 0.29) is 0 Å². The summed E-state index contributed by atoms with van der Waals surface area (Å²) in [6.45, 7) is 5.44. The van der Waals surface area contributed by atoms with Gasteiger partial charge in [-0.05, 0) is 32.1 Å². The van der Waals surface area contributed by atoms with Crippen LogP contribution in [0.4, 0.5) is 0 Å². The molecule has 3 unspecified atom stereocenters. The van der Waals surface area contributed by atoms with Gasteiger partial charge in [-0.15, -0.1) is 0 Å². The minimum absolute atomic E-state index is 0.301. The van der Waals surface area contributed by atoms with Crippen LogP contribution in [0.3, 0.4) is 0 Å². The number of rotatable bonds is 3. The first kappa shape index (κ1) is 11.6. The zero-order valence-corrected chi connectivity index (χ0v) is 10.4. The molecule has 3 nitrogen and oxygen atoms in total. The molecule has 0 aromatic carbocycles. The van der Waals surface area contributed by atoms with Crippen LogP contribution in [0.5, 0.6) is 0 Å². The monoisotopic (exact) mass is 221 g/mol. The van der Waals surface area contributed by atoms with E-state index >= 15 is 0 Å². The Morgan fingerprint density at radius 2 is 2.25 bits per heavy atom. The Bertz CT molecular complexity index is 332. The van der Waals surface area contributed by atoms with E-state index in [1.165, 1.54) is 25.1 Å². The maximum absolute atomic E-state index is 6.26. The minimum Gasteiger partial charge on any atom is -0.335 e. The van der Waals surface area contributed by atoms with Crippen LogP contribution >= 0.6 is 0 Å². The van der Waals surface area contributed by atoms with Crippen molar-refractivity contribution in [2.24, 2.45) is 11.7 Å². The third kappa shape index (κ3) is 2.14. The van der Waals surface area contributed by atoms with E-state index < -0.39 is 0 Å². The molecule has 3 heteroatoms. The molecule has 1 heterocycles. The lowest BCUT2D eigenvalue weighted by atomic mass is 9.77. The molecule has 0 aliphatic heterocycles. The summed E-state index contributed by atoms with van der Waals surface area (Å²) in [5.74, 6) is 2.51. The third-order valence-corrected chi connectivity index (χ3v) is 4.01. The van der Waals surface area contributed by atoms with Gasteiger partial charge < -0.3 is 10.3 Å². The summed E-state index contributed by atoms with van der Waals surface area (Å²) in [6.07, 6.45) is 8.91. The van der Waals surface area contributed by atoms with E-state index in [9.17, 15) is 0 Å². The molecular weight excluding hydrogens is 198 g/mol. The Hall–Kier alpha value is -0.830. The minimum atomic E-state index is 0.301. The summed E-state index contributed by atoms with van der Waals surface area (Å²) >= 11 is 0. The fraction of sp³-hybridized carbons (Fsp3) is 0.769. The molecule has 2 rings (SSSR count). The van der Waals surface area contributed by atoms with E-state index in [1.807, 2.05) is 6.20 Å². The average molecular weight is 221 g/mol. The molecule has 0 saturated heterocycles. The topological polar surface area (TPSA) is 43.8 Å². The van der Waals surface area contributed by atoms with Crippen LogP contribution in [0.2, 0.25) is 0 Å². The molecule has 0 bridgehead atoms. The predicted octanol–water partition coefficient (Wildman–Crippen LogP) is 2.52. The van der Waals surface area contributed by atoms with Gasteiger partial charge in [-0.1, -0.05) is 13.3 Å². The van der Waals surface area contributed by atoms with Crippen LogP contribution in [0, 0.1) is 5.92 Å².